The van der Waals surface area contributed by atoms with E-state index in [9.17, 15) is 14.4 Å². The van der Waals surface area contributed by atoms with Crippen LogP contribution in [0.15, 0.2) is 78.4 Å². The third-order valence-corrected chi connectivity index (χ3v) is 5.35. The summed E-state index contributed by atoms with van der Waals surface area (Å²) in [6.45, 7) is 0.305. The quantitative estimate of drug-likeness (QED) is 0.412. The number of benzene rings is 3. The highest BCUT2D eigenvalue weighted by Crippen LogP contribution is 2.24. The van der Waals surface area contributed by atoms with Gasteiger partial charge in [-0.1, -0.05) is 53.5 Å². The number of nitrogens with zero attached hydrogens (tertiary/aromatic N) is 1. The highest BCUT2D eigenvalue weighted by Gasteiger charge is 2.36. The average molecular weight is 467 g/mol. The maximum absolute atomic E-state index is 12.9. The van der Waals surface area contributed by atoms with Crippen LogP contribution in [0.25, 0.3) is 6.08 Å². The number of ether oxygens (including phenoxy) is 1. The molecular weight excluding hydrogens is 451 g/mol. The fraction of sp³-hybridized carbons (Fsp3) is 0.0417. The van der Waals surface area contributed by atoms with E-state index in [1.807, 2.05) is 18.2 Å². The van der Waals surface area contributed by atoms with E-state index in [1.165, 1.54) is 18.2 Å². The lowest BCUT2D eigenvalue weighted by Crippen LogP contribution is -2.54. The SMILES string of the molecule is O=C1NC(=O)N(c2ccc(Cl)cc2)C(=O)/C1=C\c1ccc(OCc2ccccc2Cl)cc1. The van der Waals surface area contributed by atoms with Gasteiger partial charge in [-0.25, -0.2) is 9.69 Å². The molecule has 0 spiro atoms. The number of amides is 4. The predicted molar refractivity (Wildman–Crippen MR) is 123 cm³/mol. The van der Waals surface area contributed by atoms with Crippen LogP contribution in [0.4, 0.5) is 10.5 Å². The van der Waals surface area contributed by atoms with Crippen LogP contribution in [-0.2, 0) is 16.2 Å². The summed E-state index contributed by atoms with van der Waals surface area (Å²) in [7, 11) is 0. The summed E-state index contributed by atoms with van der Waals surface area (Å²) < 4.78 is 5.74. The minimum Gasteiger partial charge on any atom is -0.489 e. The van der Waals surface area contributed by atoms with Crippen molar-refractivity contribution in [1.82, 2.24) is 5.32 Å². The molecule has 1 N–H and O–H groups in total. The zero-order valence-corrected chi connectivity index (χ0v) is 18.1. The predicted octanol–water partition coefficient (Wildman–Crippen LogP) is 5.24. The number of imide groups is 2. The molecule has 6 nitrogen and oxygen atoms in total. The molecule has 1 aliphatic rings. The number of hydrogen-bond acceptors (Lipinski definition) is 4. The van der Waals surface area contributed by atoms with Gasteiger partial charge in [-0.3, -0.25) is 14.9 Å². The summed E-state index contributed by atoms with van der Waals surface area (Å²) in [5, 5.41) is 3.27. The van der Waals surface area contributed by atoms with Crippen molar-refractivity contribution in [3.63, 3.8) is 0 Å². The highest BCUT2D eigenvalue weighted by atomic mass is 35.5. The van der Waals surface area contributed by atoms with Gasteiger partial charge in [0.2, 0.25) is 0 Å². The van der Waals surface area contributed by atoms with Gasteiger partial charge in [0.1, 0.15) is 17.9 Å². The number of halogens is 2. The smallest absolute Gasteiger partial charge is 0.335 e. The van der Waals surface area contributed by atoms with Gasteiger partial charge in [0.15, 0.2) is 0 Å². The van der Waals surface area contributed by atoms with Crippen LogP contribution in [0.3, 0.4) is 0 Å². The molecule has 0 bridgehead atoms. The van der Waals surface area contributed by atoms with E-state index in [1.54, 1.807) is 42.5 Å². The Labute approximate surface area is 194 Å². The van der Waals surface area contributed by atoms with Crippen LogP contribution in [0, 0.1) is 0 Å². The second-order valence-electron chi connectivity index (χ2n) is 6.88. The molecule has 1 heterocycles. The Kier molecular flexibility index (Phi) is 6.25. The molecule has 4 rings (SSSR count). The zero-order valence-electron chi connectivity index (χ0n) is 16.5. The van der Waals surface area contributed by atoms with Crippen LogP contribution in [0.5, 0.6) is 5.75 Å². The molecule has 3 aromatic carbocycles. The first-order chi connectivity index (χ1) is 15.4. The fourth-order valence-corrected chi connectivity index (χ4v) is 3.40. The molecule has 0 saturated carbocycles. The van der Waals surface area contributed by atoms with Gasteiger partial charge in [-0.2, -0.15) is 0 Å². The molecule has 1 saturated heterocycles. The minimum atomic E-state index is -0.817. The molecular formula is C24H16Cl2N2O4. The Hall–Kier alpha value is -3.61. The van der Waals surface area contributed by atoms with Crippen LogP contribution >= 0.6 is 23.2 Å². The summed E-state index contributed by atoms with van der Waals surface area (Å²) >= 11 is 12.0. The van der Waals surface area contributed by atoms with Crippen LogP contribution < -0.4 is 15.0 Å². The van der Waals surface area contributed by atoms with E-state index < -0.39 is 17.8 Å². The van der Waals surface area contributed by atoms with Gasteiger partial charge in [0.25, 0.3) is 11.8 Å². The van der Waals surface area contributed by atoms with Crippen LogP contribution in [0.2, 0.25) is 10.0 Å². The normalized spacial score (nSPS) is 15.1. The van der Waals surface area contributed by atoms with Crippen molar-refractivity contribution >= 4 is 52.8 Å². The number of urea groups is 1. The maximum atomic E-state index is 12.9. The van der Waals surface area contributed by atoms with Crippen molar-refractivity contribution in [2.45, 2.75) is 6.61 Å². The number of rotatable bonds is 5. The second kappa shape index (κ2) is 9.26. The summed E-state index contributed by atoms with van der Waals surface area (Å²) in [4.78, 5) is 38.3. The largest absolute Gasteiger partial charge is 0.489 e. The second-order valence-corrected chi connectivity index (χ2v) is 7.73. The van der Waals surface area contributed by atoms with Crippen molar-refractivity contribution in [3.8, 4) is 5.75 Å². The number of barbiturate groups is 1. The molecule has 160 valence electrons. The molecule has 1 fully saturated rings. The van der Waals surface area contributed by atoms with Gasteiger partial charge in [0.05, 0.1) is 5.69 Å². The summed E-state index contributed by atoms with van der Waals surface area (Å²) in [5.74, 6) is -0.881. The van der Waals surface area contributed by atoms with Crippen molar-refractivity contribution in [3.05, 3.63) is 99.5 Å². The van der Waals surface area contributed by atoms with Crippen LogP contribution in [-0.4, -0.2) is 17.8 Å². The van der Waals surface area contributed by atoms with E-state index in [0.717, 1.165) is 10.5 Å². The standard InChI is InChI=1S/C24H16Cl2N2O4/c25-17-7-9-18(10-8-17)28-23(30)20(22(29)27-24(28)31)13-15-5-11-19(12-6-15)32-14-16-3-1-2-4-21(16)26/h1-13H,14H2,(H,27,29,31)/b20-13-. The van der Waals surface area contributed by atoms with Gasteiger partial charge < -0.3 is 4.74 Å². The van der Waals surface area contributed by atoms with Gasteiger partial charge >= 0.3 is 6.03 Å². The number of carbonyl (C=O) groups is 3. The third-order valence-electron chi connectivity index (χ3n) is 4.73. The first-order valence-corrected chi connectivity index (χ1v) is 10.3. The number of anilines is 1. The average Bonchev–Trinajstić information content (AvgIpc) is 2.78. The molecule has 1 aliphatic heterocycles. The summed E-state index contributed by atoms with van der Waals surface area (Å²) in [5.41, 5.74) is 1.60. The Morgan fingerprint density at radius 3 is 2.25 bits per heavy atom. The van der Waals surface area contributed by atoms with Crippen molar-refractivity contribution in [2.75, 3.05) is 4.90 Å². The third kappa shape index (κ3) is 4.66. The molecule has 0 atom stereocenters. The molecule has 32 heavy (non-hydrogen) atoms. The molecule has 0 radical (unpaired) electrons. The Bertz CT molecular complexity index is 1220. The molecule has 0 unspecified atom stereocenters. The number of carbonyl (C=O) groups excluding carboxylic acids is 3. The lowest BCUT2D eigenvalue weighted by atomic mass is 10.1. The van der Waals surface area contributed by atoms with Gasteiger partial charge in [-0.05, 0) is 54.1 Å². The van der Waals surface area contributed by atoms with Crippen molar-refractivity contribution in [1.29, 1.82) is 0 Å². The topological polar surface area (TPSA) is 75.7 Å². The number of nitrogens with one attached hydrogen (secondary N) is 1. The molecule has 0 aliphatic carbocycles. The van der Waals surface area contributed by atoms with E-state index in [0.29, 0.717) is 33.7 Å². The first kappa shape index (κ1) is 21.6. The summed E-state index contributed by atoms with van der Waals surface area (Å²) in [6.07, 6.45) is 1.42. The van der Waals surface area contributed by atoms with Gasteiger partial charge in [0, 0.05) is 15.6 Å². The molecule has 8 heteroatoms. The fourth-order valence-electron chi connectivity index (χ4n) is 3.09. The van der Waals surface area contributed by atoms with E-state index >= 15 is 0 Å². The number of hydrogen-bond donors (Lipinski definition) is 1. The van der Waals surface area contributed by atoms with E-state index in [2.05, 4.69) is 5.32 Å². The minimum absolute atomic E-state index is 0.163. The Morgan fingerprint density at radius 2 is 1.56 bits per heavy atom. The van der Waals surface area contributed by atoms with E-state index in [4.69, 9.17) is 27.9 Å². The van der Waals surface area contributed by atoms with E-state index in [-0.39, 0.29) is 5.57 Å². The summed E-state index contributed by atoms with van der Waals surface area (Å²) in [6, 6.07) is 19.6. The molecule has 0 aromatic heterocycles. The highest BCUT2D eigenvalue weighted by molar-refractivity contribution is 6.39. The lowest BCUT2D eigenvalue weighted by Gasteiger charge is -2.26. The van der Waals surface area contributed by atoms with Crippen molar-refractivity contribution < 1.29 is 19.1 Å². The monoisotopic (exact) mass is 466 g/mol. The Morgan fingerprint density at radius 1 is 0.875 bits per heavy atom. The first-order valence-electron chi connectivity index (χ1n) is 9.55. The molecule has 3 aromatic rings. The molecule has 4 amide bonds. The van der Waals surface area contributed by atoms with Gasteiger partial charge in [-0.15, -0.1) is 0 Å². The van der Waals surface area contributed by atoms with Crippen LogP contribution in [0.1, 0.15) is 11.1 Å². The van der Waals surface area contributed by atoms with Crippen molar-refractivity contribution in [2.24, 2.45) is 0 Å². The Balaban J connectivity index is 1.52. The lowest BCUT2D eigenvalue weighted by molar-refractivity contribution is -0.122. The zero-order chi connectivity index (χ0) is 22.7. The maximum Gasteiger partial charge on any atom is 0.335 e.